The van der Waals surface area contributed by atoms with Crippen LogP contribution in [0.15, 0.2) is 41.0 Å². The maximum Gasteiger partial charge on any atom is 0.290 e. The van der Waals surface area contributed by atoms with Gasteiger partial charge < -0.3 is 20.0 Å². The minimum atomic E-state index is -0.900. The van der Waals surface area contributed by atoms with Gasteiger partial charge in [-0.2, -0.15) is 0 Å². The summed E-state index contributed by atoms with van der Waals surface area (Å²) in [5.41, 5.74) is 1.45. The van der Waals surface area contributed by atoms with Crippen molar-refractivity contribution in [2.75, 3.05) is 5.32 Å². The zero-order chi connectivity index (χ0) is 21.3. The van der Waals surface area contributed by atoms with Crippen LogP contribution in [0.25, 0.3) is 0 Å². The maximum atomic E-state index is 13.2. The number of carbonyl (C=O) groups is 3. The van der Waals surface area contributed by atoms with Gasteiger partial charge in [0.25, 0.3) is 5.91 Å². The van der Waals surface area contributed by atoms with E-state index in [9.17, 15) is 14.4 Å². The fraction of sp³-hybridized carbons (Fsp3) is 0.409. The van der Waals surface area contributed by atoms with Crippen molar-refractivity contribution in [2.45, 2.75) is 57.2 Å². The summed E-state index contributed by atoms with van der Waals surface area (Å²) in [6.07, 6.45) is 4.86. The predicted octanol–water partition coefficient (Wildman–Crippen LogP) is 3.52. The van der Waals surface area contributed by atoms with Crippen LogP contribution in [0.5, 0.6) is 0 Å². The largest absolute Gasteiger partial charge is 0.459 e. The van der Waals surface area contributed by atoms with Gasteiger partial charge >= 0.3 is 0 Å². The Labute approximate surface area is 179 Å². The molecule has 8 heteroatoms. The van der Waals surface area contributed by atoms with Gasteiger partial charge in [0.2, 0.25) is 11.8 Å². The first-order chi connectivity index (χ1) is 14.4. The number of anilines is 1. The molecule has 0 spiro atoms. The van der Waals surface area contributed by atoms with E-state index in [0.29, 0.717) is 10.7 Å². The van der Waals surface area contributed by atoms with Crippen LogP contribution in [0.1, 0.15) is 48.2 Å². The van der Waals surface area contributed by atoms with Crippen LogP contribution in [-0.4, -0.2) is 40.7 Å². The predicted molar refractivity (Wildman–Crippen MR) is 112 cm³/mol. The normalized spacial score (nSPS) is 23.5. The Hall–Kier alpha value is -2.80. The van der Waals surface area contributed by atoms with Crippen LogP contribution in [0, 0.1) is 6.92 Å². The first-order valence-corrected chi connectivity index (χ1v) is 10.5. The molecule has 1 aromatic heterocycles. The van der Waals surface area contributed by atoms with Crippen molar-refractivity contribution < 1.29 is 18.8 Å². The summed E-state index contributed by atoms with van der Waals surface area (Å²) in [5.74, 6) is -0.857. The molecule has 30 heavy (non-hydrogen) atoms. The molecule has 2 heterocycles. The summed E-state index contributed by atoms with van der Waals surface area (Å²) in [4.78, 5) is 40.4. The number of fused-ring (bicyclic) bond motifs is 1. The van der Waals surface area contributed by atoms with Crippen molar-refractivity contribution in [3.63, 3.8) is 0 Å². The number of furan rings is 1. The number of carbonyl (C=O) groups excluding carboxylic acids is 3. The van der Waals surface area contributed by atoms with E-state index < -0.39 is 6.04 Å². The highest BCUT2D eigenvalue weighted by Gasteiger charge is 2.46. The average molecular weight is 430 g/mol. The van der Waals surface area contributed by atoms with E-state index in [-0.39, 0.29) is 42.0 Å². The number of hydrogen-bond donors (Lipinski definition) is 2. The fourth-order valence-electron chi connectivity index (χ4n) is 4.32. The van der Waals surface area contributed by atoms with E-state index in [0.717, 1.165) is 31.2 Å². The first-order valence-electron chi connectivity index (χ1n) is 10.2. The highest BCUT2D eigenvalue weighted by atomic mass is 35.5. The molecule has 0 radical (unpaired) electrons. The lowest BCUT2D eigenvalue weighted by Crippen LogP contribution is -2.68. The molecule has 1 aromatic carbocycles. The van der Waals surface area contributed by atoms with Crippen LogP contribution in [0.2, 0.25) is 5.02 Å². The van der Waals surface area contributed by atoms with Gasteiger partial charge in [-0.1, -0.05) is 30.5 Å². The lowest BCUT2D eigenvalue weighted by Gasteiger charge is -2.47. The lowest BCUT2D eigenvalue weighted by molar-refractivity contribution is -0.135. The number of nitrogens with zero attached hydrogens (tertiary/aromatic N) is 1. The second kappa shape index (κ2) is 8.52. The summed E-state index contributed by atoms with van der Waals surface area (Å²) in [7, 11) is 0. The van der Waals surface area contributed by atoms with E-state index in [1.165, 1.54) is 6.26 Å². The van der Waals surface area contributed by atoms with Crippen molar-refractivity contribution in [1.82, 2.24) is 10.2 Å². The highest BCUT2D eigenvalue weighted by Crippen LogP contribution is 2.31. The van der Waals surface area contributed by atoms with E-state index in [2.05, 4.69) is 10.6 Å². The van der Waals surface area contributed by atoms with Gasteiger partial charge in [-0.3, -0.25) is 14.4 Å². The smallest absolute Gasteiger partial charge is 0.290 e. The SMILES string of the molecule is Cc1ccc(NC(=O)C[C@@H]2C(=O)N[C@H]3CCCC[C@H]3N2C(=O)c2ccco2)cc1Cl. The van der Waals surface area contributed by atoms with Crippen molar-refractivity contribution in [2.24, 2.45) is 0 Å². The Bertz CT molecular complexity index is 959. The molecule has 1 aliphatic heterocycles. The molecule has 2 fully saturated rings. The van der Waals surface area contributed by atoms with Crippen LogP contribution >= 0.6 is 11.6 Å². The first kappa shape index (κ1) is 20.5. The number of halogens is 1. The van der Waals surface area contributed by atoms with Crippen molar-refractivity contribution in [3.8, 4) is 0 Å². The second-order valence-electron chi connectivity index (χ2n) is 7.89. The summed E-state index contributed by atoms with van der Waals surface area (Å²) in [5, 5.41) is 6.34. The fourth-order valence-corrected chi connectivity index (χ4v) is 4.50. The quantitative estimate of drug-likeness (QED) is 0.777. The summed E-state index contributed by atoms with van der Waals surface area (Å²) < 4.78 is 5.30. The molecule has 2 N–H and O–H groups in total. The number of benzene rings is 1. The summed E-state index contributed by atoms with van der Waals surface area (Å²) >= 11 is 6.13. The average Bonchev–Trinajstić information content (AvgIpc) is 3.26. The molecule has 1 saturated heterocycles. The Kier molecular flexibility index (Phi) is 5.81. The Morgan fingerprint density at radius 1 is 1.27 bits per heavy atom. The molecule has 7 nitrogen and oxygen atoms in total. The molecule has 2 aromatic rings. The number of hydrogen-bond acceptors (Lipinski definition) is 4. The standard InChI is InChI=1S/C22H24ClN3O4/c1-13-8-9-14(11-15(13)23)24-20(27)12-18-21(28)25-16-5-2-3-6-17(16)26(18)22(29)19-7-4-10-30-19/h4,7-11,16-18H,2-3,5-6,12H2,1H3,(H,24,27)(H,25,28)/t16-,17+,18+/m0/s1. The van der Waals surface area contributed by atoms with Crippen LogP contribution < -0.4 is 10.6 Å². The maximum absolute atomic E-state index is 13.2. The molecular weight excluding hydrogens is 406 g/mol. The molecule has 2 aliphatic rings. The zero-order valence-corrected chi connectivity index (χ0v) is 17.4. The van der Waals surface area contributed by atoms with Gasteiger partial charge in [0, 0.05) is 16.8 Å². The Morgan fingerprint density at radius 2 is 2.07 bits per heavy atom. The van der Waals surface area contributed by atoms with Crippen molar-refractivity contribution >= 4 is 35.0 Å². The van der Waals surface area contributed by atoms with E-state index >= 15 is 0 Å². The number of amides is 3. The van der Waals surface area contributed by atoms with Crippen molar-refractivity contribution in [1.29, 1.82) is 0 Å². The summed E-state index contributed by atoms with van der Waals surface area (Å²) in [6, 6.07) is 7.30. The number of aryl methyl sites for hydroxylation is 1. The Morgan fingerprint density at radius 3 is 2.80 bits per heavy atom. The molecule has 0 unspecified atom stereocenters. The van der Waals surface area contributed by atoms with Gasteiger partial charge in [0.1, 0.15) is 6.04 Å². The molecule has 0 bridgehead atoms. The van der Waals surface area contributed by atoms with Crippen LogP contribution in [-0.2, 0) is 9.59 Å². The third-order valence-electron chi connectivity index (χ3n) is 5.85. The van der Waals surface area contributed by atoms with Crippen molar-refractivity contribution in [3.05, 3.63) is 52.9 Å². The van der Waals surface area contributed by atoms with E-state index in [1.54, 1.807) is 29.2 Å². The second-order valence-corrected chi connectivity index (χ2v) is 8.30. The molecule has 3 atom stereocenters. The molecule has 1 aliphatic carbocycles. The highest BCUT2D eigenvalue weighted by molar-refractivity contribution is 6.31. The Balaban J connectivity index is 1.56. The van der Waals surface area contributed by atoms with Gasteiger partial charge in [0.05, 0.1) is 18.7 Å². The summed E-state index contributed by atoms with van der Waals surface area (Å²) in [6.45, 7) is 1.87. The molecular formula is C22H24ClN3O4. The van der Waals surface area contributed by atoms with Gasteiger partial charge in [-0.25, -0.2) is 0 Å². The number of rotatable bonds is 4. The molecule has 4 rings (SSSR count). The van der Waals surface area contributed by atoms with Gasteiger partial charge in [-0.15, -0.1) is 0 Å². The van der Waals surface area contributed by atoms with Gasteiger partial charge in [0.15, 0.2) is 5.76 Å². The zero-order valence-electron chi connectivity index (χ0n) is 16.7. The van der Waals surface area contributed by atoms with E-state index in [1.807, 2.05) is 13.0 Å². The molecule has 1 saturated carbocycles. The lowest BCUT2D eigenvalue weighted by atomic mass is 9.85. The monoisotopic (exact) mass is 429 g/mol. The molecule has 158 valence electrons. The number of nitrogens with one attached hydrogen (secondary N) is 2. The number of piperazine rings is 1. The molecule has 3 amide bonds. The third kappa shape index (κ3) is 4.07. The van der Waals surface area contributed by atoms with Crippen LogP contribution in [0.4, 0.5) is 5.69 Å². The van der Waals surface area contributed by atoms with E-state index in [4.69, 9.17) is 16.0 Å². The topological polar surface area (TPSA) is 91.7 Å². The van der Waals surface area contributed by atoms with Gasteiger partial charge in [-0.05, 0) is 49.6 Å². The minimum absolute atomic E-state index is 0.0969. The minimum Gasteiger partial charge on any atom is -0.459 e. The third-order valence-corrected chi connectivity index (χ3v) is 6.26. The van der Waals surface area contributed by atoms with Crippen LogP contribution in [0.3, 0.4) is 0 Å².